The van der Waals surface area contributed by atoms with Gasteiger partial charge < -0.3 is 10.2 Å². The predicted octanol–water partition coefficient (Wildman–Crippen LogP) is 3.44. The first kappa shape index (κ1) is 14.3. The quantitative estimate of drug-likeness (QED) is 0.931. The van der Waals surface area contributed by atoms with E-state index >= 15 is 0 Å². The first-order valence-corrected chi connectivity index (χ1v) is 7.97. The molecule has 0 aliphatic carbocycles. The maximum atomic E-state index is 4.96. The fraction of sp³-hybridized carbons (Fsp3) is 0.500. The van der Waals surface area contributed by atoms with Gasteiger partial charge in [-0.2, -0.15) is 0 Å². The van der Waals surface area contributed by atoms with Gasteiger partial charge in [0.25, 0.3) is 0 Å². The maximum Gasteiger partial charge on any atom is 0.133 e. The zero-order valence-electron chi connectivity index (χ0n) is 13.3. The fourth-order valence-corrected chi connectivity index (χ4v) is 3.27. The van der Waals surface area contributed by atoms with E-state index in [0.29, 0.717) is 0 Å². The average molecular weight is 283 g/mol. The molecular formula is C18H25N3. The number of para-hydroxylation sites is 1. The van der Waals surface area contributed by atoms with Gasteiger partial charge in [-0.05, 0) is 37.4 Å². The molecule has 1 aliphatic rings. The van der Waals surface area contributed by atoms with E-state index in [2.05, 4.69) is 54.4 Å². The molecule has 2 heterocycles. The van der Waals surface area contributed by atoms with Gasteiger partial charge in [0, 0.05) is 30.6 Å². The van der Waals surface area contributed by atoms with Gasteiger partial charge in [-0.25, -0.2) is 4.98 Å². The van der Waals surface area contributed by atoms with Crippen LogP contribution in [0.15, 0.2) is 30.3 Å². The molecule has 1 aromatic heterocycles. The van der Waals surface area contributed by atoms with Crippen LogP contribution in [-0.4, -0.2) is 25.1 Å². The largest absolute Gasteiger partial charge is 0.356 e. The van der Waals surface area contributed by atoms with Crippen LogP contribution >= 0.6 is 0 Å². The summed E-state index contributed by atoms with van der Waals surface area (Å²) >= 11 is 0. The second-order valence-electron chi connectivity index (χ2n) is 6.43. The van der Waals surface area contributed by atoms with Crippen molar-refractivity contribution in [2.45, 2.75) is 26.8 Å². The summed E-state index contributed by atoms with van der Waals surface area (Å²) in [4.78, 5) is 7.43. The molecule has 0 amide bonds. The Balaban J connectivity index is 1.98. The molecule has 3 rings (SSSR count). The summed E-state index contributed by atoms with van der Waals surface area (Å²) < 4.78 is 0. The Labute approximate surface area is 127 Å². The Morgan fingerprint density at radius 1 is 1.33 bits per heavy atom. The van der Waals surface area contributed by atoms with E-state index in [4.69, 9.17) is 4.98 Å². The Kier molecular flexibility index (Phi) is 4.11. The van der Waals surface area contributed by atoms with Gasteiger partial charge in [-0.15, -0.1) is 0 Å². The van der Waals surface area contributed by atoms with Gasteiger partial charge in [-0.3, -0.25) is 0 Å². The molecule has 0 bridgehead atoms. The van der Waals surface area contributed by atoms with Crippen molar-refractivity contribution in [1.29, 1.82) is 0 Å². The number of nitrogens with zero attached hydrogens (tertiary/aromatic N) is 2. The molecule has 21 heavy (non-hydrogen) atoms. The minimum Gasteiger partial charge on any atom is -0.356 e. The molecule has 1 aliphatic heterocycles. The molecule has 1 atom stereocenters. The first-order chi connectivity index (χ1) is 10.2. The number of benzene rings is 1. The number of nitrogens with one attached hydrogen (secondary N) is 1. The van der Waals surface area contributed by atoms with Crippen LogP contribution in [0.25, 0.3) is 10.9 Å². The number of rotatable bonds is 4. The highest BCUT2D eigenvalue weighted by molar-refractivity contribution is 5.81. The lowest BCUT2D eigenvalue weighted by molar-refractivity contribution is 0.422. The Hall–Kier alpha value is -1.61. The van der Waals surface area contributed by atoms with E-state index in [9.17, 15) is 0 Å². The number of fused-ring (bicyclic) bond motifs is 1. The zero-order chi connectivity index (χ0) is 14.8. The minimum absolute atomic E-state index is 0.753. The molecule has 3 nitrogen and oxygen atoms in total. The summed E-state index contributed by atoms with van der Waals surface area (Å²) in [5, 5.41) is 4.51. The summed E-state index contributed by atoms with van der Waals surface area (Å²) in [5.74, 6) is 2.72. The molecule has 0 saturated carbocycles. The van der Waals surface area contributed by atoms with Gasteiger partial charge in [-0.1, -0.05) is 32.0 Å². The third-order valence-electron chi connectivity index (χ3n) is 4.61. The van der Waals surface area contributed by atoms with E-state index in [1.807, 2.05) is 7.05 Å². The maximum absolute atomic E-state index is 4.96. The van der Waals surface area contributed by atoms with Crippen molar-refractivity contribution in [3.63, 3.8) is 0 Å². The lowest BCUT2D eigenvalue weighted by Crippen LogP contribution is -2.24. The normalized spacial score (nSPS) is 18.9. The van der Waals surface area contributed by atoms with Crippen molar-refractivity contribution in [2.24, 2.45) is 11.8 Å². The summed E-state index contributed by atoms with van der Waals surface area (Å²) in [6.07, 6.45) is 1.28. The van der Waals surface area contributed by atoms with Crippen molar-refractivity contribution in [3.8, 4) is 0 Å². The van der Waals surface area contributed by atoms with E-state index < -0.39 is 0 Å². The van der Waals surface area contributed by atoms with Crippen molar-refractivity contribution < 1.29 is 0 Å². The number of pyridine rings is 1. The van der Waals surface area contributed by atoms with Crippen molar-refractivity contribution >= 4 is 16.7 Å². The number of anilines is 1. The number of hydrogen-bond donors (Lipinski definition) is 1. The number of aromatic nitrogens is 1. The third kappa shape index (κ3) is 2.88. The van der Waals surface area contributed by atoms with E-state index in [0.717, 1.165) is 37.0 Å². The summed E-state index contributed by atoms with van der Waals surface area (Å²) in [6, 6.07) is 10.7. The van der Waals surface area contributed by atoms with Crippen molar-refractivity contribution in [2.75, 3.05) is 25.0 Å². The second kappa shape index (κ2) is 6.02. The molecule has 1 aromatic carbocycles. The van der Waals surface area contributed by atoms with Crippen LogP contribution in [0.5, 0.6) is 0 Å². The summed E-state index contributed by atoms with van der Waals surface area (Å²) in [7, 11) is 2.00. The predicted molar refractivity (Wildman–Crippen MR) is 89.7 cm³/mol. The lowest BCUT2D eigenvalue weighted by atomic mass is 9.95. The molecular weight excluding hydrogens is 258 g/mol. The molecule has 0 spiro atoms. The highest BCUT2D eigenvalue weighted by Crippen LogP contribution is 2.31. The summed E-state index contributed by atoms with van der Waals surface area (Å²) in [5.41, 5.74) is 2.40. The van der Waals surface area contributed by atoms with Crippen LogP contribution in [0.4, 0.5) is 5.82 Å². The molecule has 3 heteroatoms. The molecule has 1 fully saturated rings. The van der Waals surface area contributed by atoms with Crippen LogP contribution in [0.1, 0.15) is 25.8 Å². The van der Waals surface area contributed by atoms with Gasteiger partial charge in [0.05, 0.1) is 5.52 Å². The van der Waals surface area contributed by atoms with Gasteiger partial charge in [0.2, 0.25) is 0 Å². The monoisotopic (exact) mass is 283 g/mol. The molecule has 1 unspecified atom stereocenters. The first-order valence-electron chi connectivity index (χ1n) is 7.97. The average Bonchev–Trinajstić information content (AvgIpc) is 2.97. The zero-order valence-corrected chi connectivity index (χ0v) is 13.3. The molecule has 0 radical (unpaired) electrons. The molecule has 2 aromatic rings. The van der Waals surface area contributed by atoms with Gasteiger partial charge in [0.1, 0.15) is 5.82 Å². The standard InChI is InChI=1S/C18H25N3/c1-13(2)15-8-9-21(12-15)18-16(11-19-3)10-14-6-4-5-7-17(14)20-18/h4-7,10,13,15,19H,8-9,11-12H2,1-3H3. The highest BCUT2D eigenvalue weighted by Gasteiger charge is 2.27. The topological polar surface area (TPSA) is 28.2 Å². The van der Waals surface area contributed by atoms with Crippen LogP contribution in [0.2, 0.25) is 0 Å². The van der Waals surface area contributed by atoms with Crippen LogP contribution in [0.3, 0.4) is 0 Å². The molecule has 1 N–H and O–H groups in total. The van der Waals surface area contributed by atoms with E-state index in [1.54, 1.807) is 0 Å². The van der Waals surface area contributed by atoms with E-state index in [1.165, 1.54) is 23.2 Å². The Bertz CT molecular complexity index is 621. The highest BCUT2D eigenvalue weighted by atomic mass is 15.2. The second-order valence-corrected chi connectivity index (χ2v) is 6.43. The van der Waals surface area contributed by atoms with Crippen LogP contribution in [0, 0.1) is 11.8 Å². The third-order valence-corrected chi connectivity index (χ3v) is 4.61. The smallest absolute Gasteiger partial charge is 0.133 e. The van der Waals surface area contributed by atoms with Gasteiger partial charge in [0.15, 0.2) is 0 Å². The van der Waals surface area contributed by atoms with Crippen molar-refractivity contribution in [3.05, 3.63) is 35.9 Å². The van der Waals surface area contributed by atoms with Crippen LogP contribution in [-0.2, 0) is 6.54 Å². The van der Waals surface area contributed by atoms with Crippen LogP contribution < -0.4 is 10.2 Å². The molecule has 1 saturated heterocycles. The Morgan fingerprint density at radius 2 is 2.14 bits per heavy atom. The SMILES string of the molecule is CNCc1cc2ccccc2nc1N1CCC(C(C)C)C1. The lowest BCUT2D eigenvalue weighted by Gasteiger charge is -2.22. The fourth-order valence-electron chi connectivity index (χ4n) is 3.27. The van der Waals surface area contributed by atoms with Crippen molar-refractivity contribution in [1.82, 2.24) is 10.3 Å². The minimum atomic E-state index is 0.753. The Morgan fingerprint density at radius 3 is 2.86 bits per heavy atom. The van der Waals surface area contributed by atoms with Gasteiger partial charge >= 0.3 is 0 Å². The summed E-state index contributed by atoms with van der Waals surface area (Å²) in [6.45, 7) is 7.80. The van der Waals surface area contributed by atoms with E-state index in [-0.39, 0.29) is 0 Å². The number of hydrogen-bond acceptors (Lipinski definition) is 3. The molecule has 112 valence electrons.